The van der Waals surface area contributed by atoms with Gasteiger partial charge in [0.15, 0.2) is 0 Å². The van der Waals surface area contributed by atoms with Crippen LogP contribution >= 0.6 is 0 Å². The third-order valence-electron chi connectivity index (χ3n) is 2.33. The first-order valence-electron chi connectivity index (χ1n) is 5.02. The molecule has 0 aliphatic carbocycles. The molecule has 0 atom stereocenters. The lowest BCUT2D eigenvalue weighted by atomic mass is 10.1. The van der Waals surface area contributed by atoms with Crippen LogP contribution in [0, 0.1) is 46.6 Å². The molecule has 0 saturated heterocycles. The van der Waals surface area contributed by atoms with Crippen LogP contribution in [-0.2, 0) is 0 Å². The number of hydrogen-bond acceptors (Lipinski definition) is 5. The zero-order valence-electron chi connectivity index (χ0n) is 9.89. The molecule has 90 valence electrons. The third-order valence-corrected chi connectivity index (χ3v) is 2.33. The third kappa shape index (κ3) is 2.83. The molecule has 0 bridgehead atoms. The molecule has 0 heterocycles. The van der Waals surface area contributed by atoms with E-state index in [1.165, 1.54) is 18.3 Å². The monoisotopic (exact) mass is 242 g/mol. The summed E-state index contributed by atoms with van der Waals surface area (Å²) in [4.78, 5) is 10.2. The minimum atomic E-state index is -0.463. The van der Waals surface area contributed by atoms with Crippen LogP contribution in [0.2, 0.25) is 0 Å². The van der Waals surface area contributed by atoms with E-state index in [1.807, 2.05) is 0 Å². The van der Waals surface area contributed by atoms with Gasteiger partial charge in [-0.05, 0) is 25.0 Å². The summed E-state index contributed by atoms with van der Waals surface area (Å²) in [5.74, 6) is 0. The van der Waals surface area contributed by atoms with Gasteiger partial charge in [0.05, 0.1) is 4.92 Å². The Hall–Kier alpha value is -2.86. The second-order valence-corrected chi connectivity index (χ2v) is 3.64. The fraction of sp³-hybridized carbons (Fsp3) is 0.167. The second-order valence-electron chi connectivity index (χ2n) is 3.64. The highest BCUT2D eigenvalue weighted by Crippen LogP contribution is 2.26. The highest BCUT2D eigenvalue weighted by atomic mass is 16.6. The number of nitro benzene ring substituents is 1. The Bertz CT molecular complexity index is 566. The lowest BCUT2D eigenvalue weighted by molar-refractivity contribution is -0.384. The van der Waals surface area contributed by atoms with Crippen molar-refractivity contribution in [2.45, 2.75) is 13.8 Å². The number of nitrogens with zero attached hydrogens (tertiary/aromatic N) is 3. The van der Waals surface area contributed by atoms with Crippen molar-refractivity contribution < 1.29 is 4.92 Å². The lowest BCUT2D eigenvalue weighted by Crippen LogP contribution is -1.98. The van der Waals surface area contributed by atoms with Gasteiger partial charge in [0.25, 0.3) is 5.69 Å². The van der Waals surface area contributed by atoms with Crippen molar-refractivity contribution in [3.05, 3.63) is 45.1 Å². The smallest absolute Gasteiger partial charge is 0.270 e. The van der Waals surface area contributed by atoms with Gasteiger partial charge in [0.2, 0.25) is 0 Å². The van der Waals surface area contributed by atoms with E-state index in [9.17, 15) is 10.1 Å². The van der Waals surface area contributed by atoms with Crippen molar-refractivity contribution in [3.63, 3.8) is 0 Å². The predicted octanol–water partition coefficient (Wildman–Crippen LogP) is 2.55. The lowest BCUT2D eigenvalue weighted by Gasteiger charge is -2.09. The number of aryl methyl sites for hydroxylation is 2. The van der Waals surface area contributed by atoms with Crippen molar-refractivity contribution in [1.29, 1.82) is 10.5 Å². The van der Waals surface area contributed by atoms with Crippen LogP contribution in [0.3, 0.4) is 0 Å². The quantitative estimate of drug-likeness (QED) is 0.498. The molecular weight excluding hydrogens is 232 g/mol. The summed E-state index contributed by atoms with van der Waals surface area (Å²) in [6, 6.07) is 6.30. The number of anilines is 1. The maximum absolute atomic E-state index is 10.7. The summed E-state index contributed by atoms with van der Waals surface area (Å²) in [5, 5.41) is 30.7. The van der Waals surface area contributed by atoms with E-state index in [1.54, 1.807) is 26.0 Å². The van der Waals surface area contributed by atoms with E-state index in [-0.39, 0.29) is 11.3 Å². The Labute approximate surface area is 104 Å². The van der Waals surface area contributed by atoms with Gasteiger partial charge in [-0.1, -0.05) is 0 Å². The van der Waals surface area contributed by atoms with Crippen LogP contribution in [0.25, 0.3) is 0 Å². The summed E-state index contributed by atoms with van der Waals surface area (Å²) in [5.41, 5.74) is 1.96. The van der Waals surface area contributed by atoms with E-state index in [2.05, 4.69) is 5.32 Å². The SMILES string of the molecule is Cc1cc([N+](=O)[O-])cc(C)c1NC=C(C#N)C#N. The summed E-state index contributed by atoms with van der Waals surface area (Å²) >= 11 is 0. The Kier molecular flexibility index (Phi) is 4.01. The zero-order chi connectivity index (χ0) is 13.7. The Morgan fingerprint density at radius 3 is 2.22 bits per heavy atom. The molecule has 1 rings (SSSR count). The molecule has 1 aromatic carbocycles. The first-order valence-corrected chi connectivity index (χ1v) is 5.02. The zero-order valence-corrected chi connectivity index (χ0v) is 9.89. The van der Waals surface area contributed by atoms with Crippen LogP contribution in [0.15, 0.2) is 23.9 Å². The summed E-state index contributed by atoms with van der Waals surface area (Å²) in [7, 11) is 0. The number of allylic oxidation sites excluding steroid dienone is 1. The van der Waals surface area contributed by atoms with E-state index < -0.39 is 4.92 Å². The molecular formula is C12H10N4O2. The maximum Gasteiger partial charge on any atom is 0.270 e. The molecule has 0 aliphatic rings. The molecule has 0 aromatic heterocycles. The molecule has 0 amide bonds. The predicted molar refractivity (Wildman–Crippen MR) is 65.5 cm³/mol. The van der Waals surface area contributed by atoms with Crippen LogP contribution in [-0.4, -0.2) is 4.92 Å². The summed E-state index contributed by atoms with van der Waals surface area (Å²) < 4.78 is 0. The summed E-state index contributed by atoms with van der Waals surface area (Å²) in [6.07, 6.45) is 1.28. The normalized spacial score (nSPS) is 8.89. The largest absolute Gasteiger partial charge is 0.359 e. The first-order chi connectivity index (χ1) is 8.49. The van der Waals surface area contributed by atoms with E-state index in [0.717, 1.165) is 0 Å². The molecule has 6 heteroatoms. The van der Waals surface area contributed by atoms with Gasteiger partial charge >= 0.3 is 0 Å². The standard InChI is InChI=1S/C12H10N4O2/c1-8-3-11(16(17)18)4-9(2)12(8)15-7-10(5-13)6-14/h3-4,7,15H,1-2H3. The minimum Gasteiger partial charge on any atom is -0.359 e. The van der Waals surface area contributed by atoms with Crippen molar-refractivity contribution in [3.8, 4) is 12.1 Å². The van der Waals surface area contributed by atoms with Crippen molar-refractivity contribution >= 4 is 11.4 Å². The number of nitro groups is 1. The van der Waals surface area contributed by atoms with E-state index >= 15 is 0 Å². The number of non-ortho nitro benzene ring substituents is 1. The number of rotatable bonds is 3. The van der Waals surface area contributed by atoms with Crippen LogP contribution in [0.5, 0.6) is 0 Å². The van der Waals surface area contributed by atoms with Crippen molar-refractivity contribution in [2.75, 3.05) is 5.32 Å². The minimum absolute atomic E-state index is 0.0142. The molecule has 0 aliphatic heterocycles. The average Bonchev–Trinajstić information content (AvgIpc) is 2.32. The molecule has 0 saturated carbocycles. The van der Waals surface area contributed by atoms with Gasteiger partial charge in [-0.2, -0.15) is 10.5 Å². The average molecular weight is 242 g/mol. The van der Waals surface area contributed by atoms with Crippen molar-refractivity contribution in [2.24, 2.45) is 0 Å². The number of nitrogens with one attached hydrogen (secondary N) is 1. The van der Waals surface area contributed by atoms with Gasteiger partial charge < -0.3 is 5.32 Å². The fourth-order valence-electron chi connectivity index (χ4n) is 1.51. The second kappa shape index (κ2) is 5.46. The topological polar surface area (TPSA) is 103 Å². The van der Waals surface area contributed by atoms with Crippen molar-refractivity contribution in [1.82, 2.24) is 0 Å². The molecule has 1 N–H and O–H groups in total. The molecule has 0 unspecified atom stereocenters. The van der Waals surface area contributed by atoms with Gasteiger partial charge in [-0.25, -0.2) is 0 Å². The van der Waals surface area contributed by atoms with Gasteiger partial charge in [0, 0.05) is 24.0 Å². The molecule has 0 radical (unpaired) electrons. The number of benzene rings is 1. The van der Waals surface area contributed by atoms with Crippen LogP contribution in [0.1, 0.15) is 11.1 Å². The molecule has 6 nitrogen and oxygen atoms in total. The molecule has 0 spiro atoms. The Balaban J connectivity index is 3.14. The number of nitriles is 2. The van der Waals surface area contributed by atoms with E-state index in [4.69, 9.17) is 10.5 Å². The van der Waals surface area contributed by atoms with Gasteiger partial charge in [-0.15, -0.1) is 0 Å². The molecule has 1 aromatic rings. The Morgan fingerprint density at radius 1 is 1.33 bits per heavy atom. The first kappa shape index (κ1) is 13.2. The summed E-state index contributed by atoms with van der Waals surface area (Å²) in [6.45, 7) is 3.43. The Morgan fingerprint density at radius 2 is 1.83 bits per heavy atom. The van der Waals surface area contributed by atoms with Gasteiger partial charge in [0.1, 0.15) is 17.7 Å². The maximum atomic E-state index is 10.7. The highest BCUT2D eigenvalue weighted by Gasteiger charge is 2.11. The van der Waals surface area contributed by atoms with E-state index in [0.29, 0.717) is 16.8 Å². The van der Waals surface area contributed by atoms with Gasteiger partial charge in [-0.3, -0.25) is 10.1 Å². The highest BCUT2D eigenvalue weighted by molar-refractivity contribution is 5.63. The van der Waals surface area contributed by atoms with Crippen LogP contribution < -0.4 is 5.32 Å². The molecule has 0 fully saturated rings. The molecule has 18 heavy (non-hydrogen) atoms. The van der Waals surface area contributed by atoms with Crippen LogP contribution in [0.4, 0.5) is 11.4 Å². The fourth-order valence-corrected chi connectivity index (χ4v) is 1.51. The number of hydrogen-bond donors (Lipinski definition) is 1.